The van der Waals surface area contributed by atoms with Crippen molar-refractivity contribution < 1.29 is 82.9 Å². The summed E-state index contributed by atoms with van der Waals surface area (Å²) in [6, 6.07) is 0. The van der Waals surface area contributed by atoms with Crippen molar-refractivity contribution in [2.45, 2.75) is 210 Å². The van der Waals surface area contributed by atoms with E-state index in [4.69, 9.17) is 43.0 Å². The highest BCUT2D eigenvalue weighted by atomic mass is 16.7. The molecule has 0 aromatic heterocycles. The molecular formula is C45H68O17. The third-order valence-electron chi connectivity index (χ3n) is 16.8. The standard InChI is InChI=1S/C45H68O17/c1-21-40(53)30(46)17-38(56-21)62-42-23(3)58-39(19-32(42)60-35(51)9-8-34(49)50)61-41-22(2)57-37(18-31(41)47)59-26-10-12-43(4)25(15-26)6-7-28-29(43)16-33(48)44(5)27(11-13-45(28,44)54)24-14-36(52)55-20-24/h14,21-23,25-33,37-42,46-48,53-54H,6-13,15-20H2,1-5H3,(H,49,50)/t21-,22-,23-,25-,26+,27-,28-,29+,30+,31+,32+,33-,37+,38+,39+,40-,41-,42-,43+,44+,45+/m1/s1. The third-order valence-corrected chi connectivity index (χ3v) is 16.8. The number of aliphatic carboxylic acids is 1. The quantitative estimate of drug-likeness (QED) is 0.129. The topological polar surface area (TPSA) is 246 Å². The molecule has 21 atom stereocenters. The Morgan fingerprint density at radius 3 is 2.10 bits per heavy atom. The molecule has 8 rings (SSSR count). The number of aliphatic hydroxyl groups is 5. The second-order valence-corrected chi connectivity index (χ2v) is 20.2. The van der Waals surface area contributed by atoms with E-state index >= 15 is 0 Å². The van der Waals surface area contributed by atoms with E-state index in [1.165, 1.54) is 0 Å². The number of carboxylic acid groups (broad SMARTS) is 1. The average molecular weight is 881 g/mol. The number of carbonyl (C=O) groups is 3. The molecule has 4 heterocycles. The molecule has 0 spiro atoms. The van der Waals surface area contributed by atoms with Gasteiger partial charge in [-0.25, -0.2) is 4.79 Å². The molecule has 4 saturated carbocycles. The summed E-state index contributed by atoms with van der Waals surface area (Å²) in [7, 11) is 0. The van der Waals surface area contributed by atoms with Crippen molar-refractivity contribution >= 4 is 17.9 Å². The zero-order valence-corrected chi connectivity index (χ0v) is 36.5. The number of cyclic esters (lactones) is 1. The Morgan fingerprint density at radius 2 is 1.42 bits per heavy atom. The monoisotopic (exact) mass is 880 g/mol. The van der Waals surface area contributed by atoms with Gasteiger partial charge in [0, 0.05) is 30.8 Å². The van der Waals surface area contributed by atoms with Crippen LogP contribution in [-0.2, 0) is 52.3 Å². The SMILES string of the molecule is C[C@H]1O[C@@H](O[C@H]2[C@@H](OC(=O)CCC(=O)O)C[C@H](O[C@H]3[C@@H](O)C[C@H](O[C@H]4CC[C@@]5(C)[C@H](CC[C@@H]6[C@@H]5C[C@@H](O)[C@]5(C)[C@@H](C7=CC(=O)OC7)CC[C@]65O)C4)O[C@@H]3C)O[C@@H]2C)C[C@H](O)[C@@H]1O. The lowest BCUT2D eigenvalue weighted by Crippen LogP contribution is -2.67. The lowest BCUT2D eigenvalue weighted by molar-refractivity contribution is -0.337. The molecule has 6 N–H and O–H groups in total. The van der Waals surface area contributed by atoms with Crippen molar-refractivity contribution in [1.82, 2.24) is 0 Å². The summed E-state index contributed by atoms with van der Waals surface area (Å²) in [5, 5.41) is 65.6. The van der Waals surface area contributed by atoms with Crippen LogP contribution in [0, 0.1) is 34.5 Å². The van der Waals surface area contributed by atoms with Gasteiger partial charge in [0.1, 0.15) is 31.0 Å². The van der Waals surface area contributed by atoms with E-state index in [9.17, 15) is 39.9 Å². The number of hydrogen-bond donors (Lipinski definition) is 6. The van der Waals surface area contributed by atoms with E-state index < -0.39 is 109 Å². The Balaban J connectivity index is 0.864. The summed E-state index contributed by atoms with van der Waals surface area (Å²) in [6.07, 6.45) is -4.27. The molecule has 4 aliphatic carbocycles. The van der Waals surface area contributed by atoms with Gasteiger partial charge in [0.05, 0.1) is 61.2 Å². The van der Waals surface area contributed by atoms with Crippen LogP contribution in [0.15, 0.2) is 11.6 Å². The molecule has 4 aliphatic heterocycles. The molecule has 0 amide bonds. The van der Waals surface area contributed by atoms with Crippen LogP contribution in [0.5, 0.6) is 0 Å². The maximum atomic E-state index is 12.8. The number of hydrogen-bond acceptors (Lipinski definition) is 16. The van der Waals surface area contributed by atoms with Crippen molar-refractivity contribution in [3.05, 3.63) is 11.6 Å². The fourth-order valence-electron chi connectivity index (χ4n) is 13.3. The summed E-state index contributed by atoms with van der Waals surface area (Å²) in [5.74, 6) is -1.85. The number of aliphatic hydroxyl groups excluding tert-OH is 4. The van der Waals surface area contributed by atoms with Crippen molar-refractivity contribution in [2.24, 2.45) is 34.5 Å². The maximum Gasteiger partial charge on any atom is 0.331 e. The van der Waals surface area contributed by atoms with E-state index in [1.54, 1.807) is 26.8 Å². The van der Waals surface area contributed by atoms with Crippen molar-refractivity contribution in [3.63, 3.8) is 0 Å². The summed E-state index contributed by atoms with van der Waals surface area (Å²) in [4.78, 5) is 35.9. The zero-order chi connectivity index (χ0) is 44.5. The Labute approximate surface area is 362 Å². The van der Waals surface area contributed by atoms with E-state index in [1.807, 2.05) is 6.92 Å². The first-order valence-electron chi connectivity index (χ1n) is 23.0. The van der Waals surface area contributed by atoms with Crippen LogP contribution in [0.2, 0.25) is 0 Å². The van der Waals surface area contributed by atoms with E-state index in [0.29, 0.717) is 25.2 Å². The summed E-state index contributed by atoms with van der Waals surface area (Å²) >= 11 is 0. The van der Waals surface area contributed by atoms with Gasteiger partial charge in [0.2, 0.25) is 0 Å². The van der Waals surface area contributed by atoms with Gasteiger partial charge < -0.3 is 68.5 Å². The first-order valence-corrected chi connectivity index (χ1v) is 23.0. The third kappa shape index (κ3) is 8.51. The number of rotatable bonds is 11. The van der Waals surface area contributed by atoms with Crippen LogP contribution in [0.3, 0.4) is 0 Å². The van der Waals surface area contributed by atoms with E-state index in [2.05, 4.69) is 6.92 Å². The molecule has 17 nitrogen and oxygen atoms in total. The molecule has 8 aliphatic rings. The molecule has 3 saturated heterocycles. The normalized spacial score (nSPS) is 50.4. The second-order valence-electron chi connectivity index (χ2n) is 20.2. The summed E-state index contributed by atoms with van der Waals surface area (Å²) in [6.45, 7) is 9.68. The number of esters is 2. The Bertz CT molecular complexity index is 1670. The fraction of sp³-hybridized carbons (Fsp3) is 0.889. The highest BCUT2D eigenvalue weighted by molar-refractivity contribution is 5.85. The van der Waals surface area contributed by atoms with Gasteiger partial charge >= 0.3 is 17.9 Å². The van der Waals surface area contributed by atoms with Gasteiger partial charge in [-0.1, -0.05) is 13.8 Å². The summed E-state index contributed by atoms with van der Waals surface area (Å²) in [5.41, 5.74) is -1.02. The summed E-state index contributed by atoms with van der Waals surface area (Å²) < 4.78 is 48.4. The molecular weight excluding hydrogens is 812 g/mol. The minimum Gasteiger partial charge on any atom is -0.481 e. The second kappa shape index (κ2) is 17.8. The molecule has 0 radical (unpaired) electrons. The minimum atomic E-state index is -1.15. The Kier molecular flexibility index (Phi) is 13.3. The van der Waals surface area contributed by atoms with Crippen LogP contribution in [0.4, 0.5) is 0 Å². The number of ether oxygens (including phenoxy) is 8. The number of fused-ring (bicyclic) bond motifs is 5. The van der Waals surface area contributed by atoms with Gasteiger partial charge in [-0.05, 0) is 107 Å². The lowest BCUT2D eigenvalue weighted by Gasteiger charge is -2.65. The van der Waals surface area contributed by atoms with Gasteiger partial charge in [0.25, 0.3) is 0 Å². The fourth-order valence-corrected chi connectivity index (χ4v) is 13.3. The van der Waals surface area contributed by atoms with Crippen LogP contribution in [0.25, 0.3) is 0 Å². The minimum absolute atomic E-state index is 0.0104. The van der Waals surface area contributed by atoms with Crippen LogP contribution < -0.4 is 0 Å². The molecule has 0 bridgehead atoms. The first-order chi connectivity index (χ1) is 29.3. The number of carbonyl (C=O) groups excluding carboxylic acids is 2. The van der Waals surface area contributed by atoms with Gasteiger partial charge in [-0.2, -0.15) is 0 Å². The molecule has 0 aromatic rings. The van der Waals surface area contributed by atoms with Crippen molar-refractivity contribution in [2.75, 3.05) is 6.61 Å². The molecule has 62 heavy (non-hydrogen) atoms. The van der Waals surface area contributed by atoms with E-state index in [0.717, 1.165) is 37.7 Å². The highest BCUT2D eigenvalue weighted by Gasteiger charge is 2.71. The van der Waals surface area contributed by atoms with Crippen LogP contribution in [0.1, 0.15) is 118 Å². The first kappa shape index (κ1) is 46.2. The smallest absolute Gasteiger partial charge is 0.331 e. The molecule has 350 valence electrons. The van der Waals surface area contributed by atoms with Gasteiger partial charge in [0.15, 0.2) is 18.9 Å². The molecule has 7 fully saturated rings. The average Bonchev–Trinajstić information content (AvgIpc) is 3.76. The maximum absolute atomic E-state index is 12.8. The number of carboxylic acids is 1. The van der Waals surface area contributed by atoms with Gasteiger partial charge in [-0.15, -0.1) is 0 Å². The van der Waals surface area contributed by atoms with Crippen LogP contribution >= 0.6 is 0 Å². The Hall–Kier alpha value is -2.29. The Morgan fingerprint density at radius 1 is 0.758 bits per heavy atom. The predicted octanol–water partition coefficient (Wildman–Crippen LogP) is 2.63. The van der Waals surface area contributed by atoms with Crippen LogP contribution in [-0.4, -0.2) is 147 Å². The lowest BCUT2D eigenvalue weighted by atomic mass is 9.42. The van der Waals surface area contributed by atoms with Crippen molar-refractivity contribution in [3.8, 4) is 0 Å². The van der Waals surface area contributed by atoms with Crippen molar-refractivity contribution in [1.29, 1.82) is 0 Å². The molecule has 0 unspecified atom stereocenters. The molecule has 0 aromatic carbocycles. The van der Waals surface area contributed by atoms with E-state index in [-0.39, 0.29) is 67.5 Å². The molecule has 17 heteroatoms. The largest absolute Gasteiger partial charge is 0.481 e. The predicted molar refractivity (Wildman–Crippen MR) is 213 cm³/mol. The highest BCUT2D eigenvalue weighted by Crippen LogP contribution is 2.70. The zero-order valence-electron chi connectivity index (χ0n) is 36.5. The van der Waals surface area contributed by atoms with Gasteiger partial charge in [-0.3, -0.25) is 9.59 Å².